The number of carbonyl (C=O) groups is 1. The van der Waals surface area contributed by atoms with Gasteiger partial charge in [0.1, 0.15) is 5.75 Å². The zero-order valence-electron chi connectivity index (χ0n) is 13.1. The van der Waals surface area contributed by atoms with Crippen molar-refractivity contribution in [2.24, 2.45) is 0 Å². The van der Waals surface area contributed by atoms with Crippen molar-refractivity contribution in [2.45, 2.75) is 11.3 Å². The van der Waals surface area contributed by atoms with E-state index in [1.165, 1.54) is 24.3 Å². The van der Waals surface area contributed by atoms with Gasteiger partial charge in [0.25, 0.3) is 0 Å². The Morgan fingerprint density at radius 1 is 1.16 bits per heavy atom. The standard InChI is InChI=1S/C17H16N2O5S/c20-12-5-6-15-14(9-12)11(10-18-15)7-8-19-25(23,24)16-4-2-1-3-13(16)17(21)22/h1-6,9-10,18-20H,7-8H2,(H,21,22). The van der Waals surface area contributed by atoms with E-state index >= 15 is 0 Å². The highest BCUT2D eigenvalue weighted by Gasteiger charge is 2.21. The number of rotatable bonds is 6. The van der Waals surface area contributed by atoms with E-state index in [4.69, 9.17) is 5.11 Å². The zero-order valence-corrected chi connectivity index (χ0v) is 13.9. The first-order chi connectivity index (χ1) is 11.9. The first-order valence-electron chi connectivity index (χ1n) is 7.49. The van der Waals surface area contributed by atoms with Gasteiger partial charge in [0.2, 0.25) is 10.0 Å². The predicted molar refractivity (Wildman–Crippen MR) is 92.3 cm³/mol. The van der Waals surface area contributed by atoms with E-state index < -0.39 is 16.0 Å². The van der Waals surface area contributed by atoms with Crippen molar-refractivity contribution >= 4 is 26.9 Å². The van der Waals surface area contributed by atoms with Gasteiger partial charge < -0.3 is 15.2 Å². The highest BCUT2D eigenvalue weighted by molar-refractivity contribution is 7.89. The van der Waals surface area contributed by atoms with Crippen LogP contribution in [0.2, 0.25) is 0 Å². The summed E-state index contributed by atoms with van der Waals surface area (Å²) in [5, 5.41) is 19.5. The Hall–Kier alpha value is -2.84. The van der Waals surface area contributed by atoms with E-state index in [2.05, 4.69) is 9.71 Å². The van der Waals surface area contributed by atoms with Crippen molar-refractivity contribution in [1.29, 1.82) is 0 Å². The number of benzene rings is 2. The van der Waals surface area contributed by atoms with Crippen LogP contribution in [0.15, 0.2) is 53.6 Å². The third kappa shape index (κ3) is 3.49. The van der Waals surface area contributed by atoms with E-state index in [1.54, 1.807) is 24.4 Å². The lowest BCUT2D eigenvalue weighted by molar-refractivity contribution is 0.0692. The van der Waals surface area contributed by atoms with Gasteiger partial charge in [-0.1, -0.05) is 12.1 Å². The number of phenols is 1. The molecule has 0 fully saturated rings. The molecule has 3 aromatic rings. The number of hydrogen-bond donors (Lipinski definition) is 4. The average molecular weight is 360 g/mol. The summed E-state index contributed by atoms with van der Waals surface area (Å²) < 4.78 is 27.2. The maximum absolute atomic E-state index is 12.4. The third-order valence-electron chi connectivity index (χ3n) is 3.84. The molecule has 0 spiro atoms. The van der Waals surface area contributed by atoms with Gasteiger partial charge in [0, 0.05) is 23.6 Å². The van der Waals surface area contributed by atoms with Crippen LogP contribution in [-0.2, 0) is 16.4 Å². The molecular weight excluding hydrogens is 344 g/mol. The van der Waals surface area contributed by atoms with Crippen LogP contribution < -0.4 is 4.72 Å². The third-order valence-corrected chi connectivity index (χ3v) is 5.36. The summed E-state index contributed by atoms with van der Waals surface area (Å²) in [6, 6.07) is 10.4. The molecule has 4 N–H and O–H groups in total. The summed E-state index contributed by atoms with van der Waals surface area (Å²) in [5.74, 6) is -1.17. The molecule has 7 nitrogen and oxygen atoms in total. The number of sulfonamides is 1. The van der Waals surface area contributed by atoms with Crippen molar-refractivity contribution in [3.05, 3.63) is 59.8 Å². The molecule has 2 aromatic carbocycles. The number of aromatic amines is 1. The van der Waals surface area contributed by atoms with Crippen LogP contribution in [0, 0.1) is 0 Å². The fourth-order valence-electron chi connectivity index (χ4n) is 2.65. The number of aromatic carboxylic acids is 1. The Labute approximate surface area is 144 Å². The smallest absolute Gasteiger partial charge is 0.337 e. The van der Waals surface area contributed by atoms with Crippen LogP contribution in [0.1, 0.15) is 15.9 Å². The molecule has 0 bridgehead atoms. The second-order valence-corrected chi connectivity index (χ2v) is 7.23. The maximum atomic E-state index is 12.4. The molecule has 0 amide bonds. The summed E-state index contributed by atoms with van der Waals surface area (Å²) >= 11 is 0. The highest BCUT2D eigenvalue weighted by atomic mass is 32.2. The fraction of sp³-hybridized carbons (Fsp3) is 0.118. The number of aromatic nitrogens is 1. The highest BCUT2D eigenvalue weighted by Crippen LogP contribution is 2.23. The van der Waals surface area contributed by atoms with Gasteiger partial charge in [-0.15, -0.1) is 0 Å². The molecule has 0 aliphatic rings. The van der Waals surface area contributed by atoms with Crippen molar-refractivity contribution < 1.29 is 23.4 Å². The Kier molecular flexibility index (Phi) is 4.47. The normalized spacial score (nSPS) is 11.7. The van der Waals surface area contributed by atoms with Crippen molar-refractivity contribution in [3.8, 4) is 5.75 Å². The first-order valence-corrected chi connectivity index (χ1v) is 8.98. The molecule has 0 saturated carbocycles. The number of carboxylic acids is 1. The molecule has 1 aromatic heterocycles. The monoisotopic (exact) mass is 360 g/mol. The van der Waals surface area contributed by atoms with Crippen LogP contribution in [-0.4, -0.2) is 36.1 Å². The lowest BCUT2D eigenvalue weighted by Gasteiger charge is -2.09. The summed E-state index contributed by atoms with van der Waals surface area (Å²) in [4.78, 5) is 14.0. The predicted octanol–water partition coefficient (Wildman–Crippen LogP) is 2.09. The summed E-state index contributed by atoms with van der Waals surface area (Å²) in [5.41, 5.74) is 1.42. The van der Waals surface area contributed by atoms with E-state index in [-0.39, 0.29) is 22.8 Å². The summed E-state index contributed by atoms with van der Waals surface area (Å²) in [6.07, 6.45) is 2.14. The second kappa shape index (κ2) is 6.58. The van der Waals surface area contributed by atoms with E-state index in [0.717, 1.165) is 16.5 Å². The quantitative estimate of drug-likeness (QED) is 0.537. The molecule has 1 heterocycles. The van der Waals surface area contributed by atoms with Crippen LogP contribution in [0.4, 0.5) is 0 Å². The van der Waals surface area contributed by atoms with Gasteiger partial charge in [-0.25, -0.2) is 17.9 Å². The Balaban J connectivity index is 1.77. The van der Waals surface area contributed by atoms with Gasteiger partial charge in [-0.05, 0) is 42.3 Å². The fourth-order valence-corrected chi connectivity index (χ4v) is 3.88. The number of aromatic hydroxyl groups is 1. The molecule has 0 aliphatic heterocycles. The van der Waals surface area contributed by atoms with Crippen molar-refractivity contribution in [1.82, 2.24) is 9.71 Å². The number of carboxylic acid groups (broad SMARTS) is 1. The molecule has 130 valence electrons. The Bertz CT molecular complexity index is 1040. The number of nitrogens with one attached hydrogen (secondary N) is 2. The molecule has 0 atom stereocenters. The maximum Gasteiger partial charge on any atom is 0.337 e. The van der Waals surface area contributed by atoms with Gasteiger partial charge in [0.05, 0.1) is 10.5 Å². The average Bonchev–Trinajstić information content (AvgIpc) is 2.97. The molecule has 25 heavy (non-hydrogen) atoms. The van der Waals surface area contributed by atoms with Crippen molar-refractivity contribution in [3.63, 3.8) is 0 Å². The molecule has 3 rings (SSSR count). The largest absolute Gasteiger partial charge is 0.508 e. The molecule has 0 radical (unpaired) electrons. The zero-order chi connectivity index (χ0) is 18.0. The van der Waals surface area contributed by atoms with Crippen LogP contribution in [0.5, 0.6) is 5.75 Å². The summed E-state index contributed by atoms with van der Waals surface area (Å²) in [6.45, 7) is 0.0961. The van der Waals surface area contributed by atoms with E-state index in [0.29, 0.717) is 6.42 Å². The van der Waals surface area contributed by atoms with E-state index in [1.807, 2.05) is 0 Å². The number of phenolic OH excluding ortho intramolecular Hbond substituents is 1. The number of fused-ring (bicyclic) bond motifs is 1. The number of H-pyrrole nitrogens is 1. The molecule has 8 heteroatoms. The Morgan fingerprint density at radius 3 is 2.68 bits per heavy atom. The van der Waals surface area contributed by atoms with E-state index in [9.17, 15) is 18.3 Å². The van der Waals surface area contributed by atoms with Gasteiger partial charge >= 0.3 is 5.97 Å². The van der Waals surface area contributed by atoms with Crippen LogP contribution in [0.3, 0.4) is 0 Å². The number of hydrogen-bond acceptors (Lipinski definition) is 4. The molecule has 0 unspecified atom stereocenters. The van der Waals surface area contributed by atoms with Gasteiger partial charge in [-0.2, -0.15) is 0 Å². The topological polar surface area (TPSA) is 119 Å². The Morgan fingerprint density at radius 2 is 1.92 bits per heavy atom. The lowest BCUT2D eigenvalue weighted by Crippen LogP contribution is -2.27. The first kappa shape index (κ1) is 17.0. The SMILES string of the molecule is O=C(O)c1ccccc1S(=O)(=O)NCCc1c[nH]c2ccc(O)cc12. The van der Waals surface area contributed by atoms with Crippen molar-refractivity contribution in [2.75, 3.05) is 6.54 Å². The van der Waals surface area contributed by atoms with Crippen LogP contribution >= 0.6 is 0 Å². The minimum atomic E-state index is -3.94. The minimum Gasteiger partial charge on any atom is -0.508 e. The van der Waals surface area contributed by atoms with Gasteiger partial charge in [-0.3, -0.25) is 0 Å². The van der Waals surface area contributed by atoms with Crippen LogP contribution in [0.25, 0.3) is 10.9 Å². The molecule has 0 aliphatic carbocycles. The van der Waals surface area contributed by atoms with Gasteiger partial charge in [0.15, 0.2) is 0 Å². The minimum absolute atomic E-state index is 0.0961. The second-order valence-electron chi connectivity index (χ2n) is 5.49. The lowest BCUT2D eigenvalue weighted by atomic mass is 10.1. The molecular formula is C17H16N2O5S. The summed E-state index contributed by atoms with van der Waals surface area (Å²) in [7, 11) is -3.94. The molecule has 0 saturated heterocycles.